The van der Waals surface area contributed by atoms with Crippen LogP contribution >= 0.6 is 0 Å². The van der Waals surface area contributed by atoms with Crippen molar-refractivity contribution in [1.29, 1.82) is 0 Å². The van der Waals surface area contributed by atoms with Gasteiger partial charge in [0, 0.05) is 30.4 Å². The number of aromatic nitrogens is 1. The smallest absolute Gasteiger partial charge is 0.341 e. The lowest BCUT2D eigenvalue weighted by Gasteiger charge is -2.34. The summed E-state index contributed by atoms with van der Waals surface area (Å²) in [5, 5.41) is 2.14. The number of likely N-dealkylation sites (tertiary alicyclic amines) is 1. The third kappa shape index (κ3) is 5.19. The number of pyridine rings is 1. The lowest BCUT2D eigenvalue weighted by Crippen LogP contribution is -2.41. The molecule has 1 amide bonds. The molecule has 0 saturated carbocycles. The highest BCUT2D eigenvalue weighted by Gasteiger charge is 2.42. The van der Waals surface area contributed by atoms with E-state index in [9.17, 15) is 18.0 Å². The van der Waals surface area contributed by atoms with Crippen LogP contribution in [0.4, 0.5) is 13.2 Å². The van der Waals surface area contributed by atoms with Crippen LogP contribution in [0.5, 0.6) is 0 Å². The average Bonchev–Trinajstić information content (AvgIpc) is 2.53. The summed E-state index contributed by atoms with van der Waals surface area (Å²) in [6, 6.07) is 1.21. The topological polar surface area (TPSA) is 45.2 Å². The van der Waals surface area contributed by atoms with Crippen LogP contribution < -0.4 is 5.32 Å². The van der Waals surface area contributed by atoms with Crippen molar-refractivity contribution in [2.75, 3.05) is 13.1 Å². The average molecular weight is 343 g/mol. The van der Waals surface area contributed by atoms with Gasteiger partial charge in [0.1, 0.15) is 0 Å². The van der Waals surface area contributed by atoms with E-state index in [-0.39, 0.29) is 17.9 Å². The number of alkyl halides is 3. The van der Waals surface area contributed by atoms with Crippen LogP contribution in [0.1, 0.15) is 44.7 Å². The number of nitrogens with one attached hydrogen (secondary N) is 1. The number of carbonyl (C=O) groups excluding carboxylic acids is 1. The van der Waals surface area contributed by atoms with Crippen molar-refractivity contribution in [3.63, 3.8) is 0 Å². The maximum absolute atomic E-state index is 13.2. The van der Waals surface area contributed by atoms with Crippen LogP contribution in [-0.2, 0) is 4.79 Å². The lowest BCUT2D eigenvalue weighted by atomic mass is 9.92. The van der Waals surface area contributed by atoms with Crippen molar-refractivity contribution in [3.05, 3.63) is 30.1 Å². The zero-order valence-electron chi connectivity index (χ0n) is 14.0. The number of carbonyl (C=O) groups is 1. The maximum Gasteiger partial charge on any atom is 0.412 e. The minimum atomic E-state index is -4.54. The van der Waals surface area contributed by atoms with E-state index in [0.717, 1.165) is 32.1 Å². The van der Waals surface area contributed by atoms with Gasteiger partial charge in [0.25, 0.3) is 0 Å². The fraction of sp³-hybridized carbons (Fsp3) is 0.647. The first-order valence-electron chi connectivity index (χ1n) is 8.27. The van der Waals surface area contributed by atoms with Crippen molar-refractivity contribution < 1.29 is 18.0 Å². The van der Waals surface area contributed by atoms with Crippen LogP contribution in [0.25, 0.3) is 0 Å². The largest absolute Gasteiger partial charge is 0.412 e. The predicted octanol–water partition coefficient (Wildman–Crippen LogP) is 3.31. The summed E-state index contributed by atoms with van der Waals surface area (Å²) in [7, 11) is 0. The molecule has 0 spiro atoms. The summed E-state index contributed by atoms with van der Waals surface area (Å²) in [5.74, 6) is -0.410. The number of hydrogen-bond acceptors (Lipinski definition) is 3. The molecule has 24 heavy (non-hydrogen) atoms. The van der Waals surface area contributed by atoms with Gasteiger partial charge in [-0.25, -0.2) is 0 Å². The molecular formula is C17H24F3N3O. The Morgan fingerprint density at radius 2 is 2.04 bits per heavy atom. The van der Waals surface area contributed by atoms with Crippen molar-refractivity contribution in [3.8, 4) is 0 Å². The monoisotopic (exact) mass is 343 g/mol. The van der Waals surface area contributed by atoms with Crippen molar-refractivity contribution in [1.82, 2.24) is 15.2 Å². The highest BCUT2D eigenvalue weighted by atomic mass is 19.4. The molecule has 2 heterocycles. The summed E-state index contributed by atoms with van der Waals surface area (Å²) in [6.45, 7) is 6.02. The predicted molar refractivity (Wildman–Crippen MR) is 85.2 cm³/mol. The normalized spacial score (nSPS) is 18.6. The first kappa shape index (κ1) is 18.7. The molecule has 1 aliphatic heterocycles. The molecule has 1 atom stereocenters. The minimum Gasteiger partial charge on any atom is -0.341 e. The highest BCUT2D eigenvalue weighted by molar-refractivity contribution is 5.76. The second-order valence-corrected chi connectivity index (χ2v) is 6.61. The van der Waals surface area contributed by atoms with E-state index in [1.54, 1.807) is 0 Å². The molecule has 1 aromatic rings. The van der Waals surface area contributed by atoms with E-state index in [2.05, 4.69) is 29.0 Å². The maximum atomic E-state index is 13.2. The third-order valence-corrected chi connectivity index (χ3v) is 4.50. The Bertz CT molecular complexity index is 526. The van der Waals surface area contributed by atoms with Crippen LogP contribution in [0.2, 0.25) is 0 Å². The number of rotatable bonds is 5. The van der Waals surface area contributed by atoms with Gasteiger partial charge < -0.3 is 10.2 Å². The van der Waals surface area contributed by atoms with Crippen LogP contribution in [0.3, 0.4) is 0 Å². The summed E-state index contributed by atoms with van der Waals surface area (Å²) in [6.07, 6.45) is -0.177. The van der Waals surface area contributed by atoms with Crippen LogP contribution in [-0.4, -0.2) is 41.1 Å². The molecule has 134 valence electrons. The number of hydrogen-bond donors (Lipinski definition) is 1. The molecule has 4 nitrogen and oxygen atoms in total. The lowest BCUT2D eigenvalue weighted by molar-refractivity contribution is -0.163. The zero-order valence-corrected chi connectivity index (χ0v) is 14.0. The first-order chi connectivity index (χ1) is 11.3. The van der Waals surface area contributed by atoms with Gasteiger partial charge in [-0.05, 0) is 51.8 Å². The number of piperidine rings is 1. The number of amides is 1. The van der Waals surface area contributed by atoms with E-state index >= 15 is 0 Å². The Hall–Kier alpha value is -1.63. The van der Waals surface area contributed by atoms with Gasteiger partial charge in [-0.1, -0.05) is 6.07 Å². The highest BCUT2D eigenvalue weighted by Crippen LogP contribution is 2.32. The summed E-state index contributed by atoms with van der Waals surface area (Å²) < 4.78 is 39.7. The Labute approximate surface area is 140 Å². The van der Waals surface area contributed by atoms with E-state index in [1.807, 2.05) is 0 Å². The van der Waals surface area contributed by atoms with E-state index < -0.39 is 18.1 Å². The van der Waals surface area contributed by atoms with Gasteiger partial charge >= 0.3 is 6.18 Å². The fourth-order valence-electron chi connectivity index (χ4n) is 3.06. The molecule has 1 saturated heterocycles. The molecular weight excluding hydrogens is 319 g/mol. The molecule has 1 N–H and O–H groups in total. The van der Waals surface area contributed by atoms with Gasteiger partial charge in [-0.2, -0.15) is 13.2 Å². The molecule has 2 rings (SSSR count). The van der Waals surface area contributed by atoms with Gasteiger partial charge in [0.2, 0.25) is 5.91 Å². The second-order valence-electron chi connectivity index (χ2n) is 6.61. The van der Waals surface area contributed by atoms with Crippen molar-refractivity contribution >= 4 is 5.91 Å². The number of halogens is 3. The Kier molecular flexibility index (Phi) is 6.21. The quantitative estimate of drug-likeness (QED) is 0.892. The standard InChI is InChI=1S/C17H24F3N3O/c1-12(2)23-8-5-13(6-9-23)10-15(24)22-16(17(18,19)20)14-4-3-7-21-11-14/h3-4,7,11-13,16H,5-6,8-10H2,1-2H3,(H,22,24)/t16-/m1/s1. The van der Waals surface area contributed by atoms with E-state index in [1.165, 1.54) is 18.3 Å². The van der Waals surface area contributed by atoms with E-state index in [4.69, 9.17) is 0 Å². The van der Waals surface area contributed by atoms with Gasteiger partial charge in [-0.3, -0.25) is 9.78 Å². The molecule has 0 aromatic carbocycles. The molecule has 0 radical (unpaired) electrons. The molecule has 7 heteroatoms. The van der Waals surface area contributed by atoms with Gasteiger partial charge in [0.15, 0.2) is 6.04 Å². The zero-order chi connectivity index (χ0) is 17.7. The van der Waals surface area contributed by atoms with Crippen LogP contribution in [0.15, 0.2) is 24.5 Å². The molecule has 1 aliphatic rings. The van der Waals surface area contributed by atoms with Crippen molar-refractivity contribution in [2.45, 2.75) is 51.4 Å². The summed E-state index contributed by atoms with van der Waals surface area (Å²) >= 11 is 0. The second kappa shape index (κ2) is 7.96. The molecule has 0 bridgehead atoms. The Morgan fingerprint density at radius 1 is 1.38 bits per heavy atom. The first-order valence-corrected chi connectivity index (χ1v) is 8.27. The SMILES string of the molecule is CC(C)N1CCC(CC(=O)N[C@H](c2cccnc2)C(F)(F)F)CC1. The summed E-state index contributed by atoms with van der Waals surface area (Å²) in [4.78, 5) is 18.1. The Morgan fingerprint density at radius 3 is 2.54 bits per heavy atom. The number of nitrogens with zero attached hydrogens (tertiary/aromatic N) is 2. The Balaban J connectivity index is 1.92. The molecule has 0 aliphatic carbocycles. The third-order valence-electron chi connectivity index (χ3n) is 4.50. The fourth-order valence-corrected chi connectivity index (χ4v) is 3.06. The summed E-state index contributed by atoms with van der Waals surface area (Å²) in [5.41, 5.74) is -0.0482. The van der Waals surface area contributed by atoms with E-state index in [0.29, 0.717) is 6.04 Å². The van der Waals surface area contributed by atoms with Crippen molar-refractivity contribution in [2.24, 2.45) is 5.92 Å². The van der Waals surface area contributed by atoms with Crippen LogP contribution in [0, 0.1) is 5.92 Å². The molecule has 1 fully saturated rings. The van der Waals surface area contributed by atoms with Gasteiger partial charge in [0.05, 0.1) is 0 Å². The molecule has 0 unspecified atom stereocenters. The molecule has 1 aromatic heterocycles. The minimum absolute atomic E-state index is 0.0482. The van der Waals surface area contributed by atoms with Gasteiger partial charge in [-0.15, -0.1) is 0 Å².